The molecule has 0 saturated heterocycles. The number of aryl methyl sites for hydroxylation is 2. The van der Waals surface area contributed by atoms with Crippen LogP contribution in [0.1, 0.15) is 29.4 Å². The van der Waals surface area contributed by atoms with Crippen LogP contribution in [-0.2, 0) is 13.1 Å². The van der Waals surface area contributed by atoms with E-state index in [1.54, 1.807) is 0 Å². The molecular formula is C18H25N3. The number of aromatic nitrogens is 1. The fourth-order valence-electron chi connectivity index (χ4n) is 2.54. The quantitative estimate of drug-likeness (QED) is 0.880. The van der Waals surface area contributed by atoms with Crippen molar-refractivity contribution in [3.8, 4) is 0 Å². The van der Waals surface area contributed by atoms with E-state index >= 15 is 0 Å². The molecule has 1 aromatic carbocycles. The second-order valence-electron chi connectivity index (χ2n) is 5.53. The molecule has 1 heterocycles. The van der Waals surface area contributed by atoms with Crippen molar-refractivity contribution in [1.29, 1.82) is 0 Å². The molecule has 0 saturated carbocycles. The maximum absolute atomic E-state index is 4.57. The summed E-state index contributed by atoms with van der Waals surface area (Å²) in [6.07, 6.45) is 0. The highest BCUT2D eigenvalue weighted by Gasteiger charge is 2.07. The van der Waals surface area contributed by atoms with Gasteiger partial charge in [-0.3, -0.25) is 4.98 Å². The lowest BCUT2D eigenvalue weighted by Crippen LogP contribution is -2.19. The molecule has 0 atom stereocenters. The Morgan fingerprint density at radius 3 is 2.62 bits per heavy atom. The van der Waals surface area contributed by atoms with Gasteiger partial charge in [-0.1, -0.05) is 25.1 Å². The van der Waals surface area contributed by atoms with E-state index < -0.39 is 0 Å². The van der Waals surface area contributed by atoms with Crippen LogP contribution in [0, 0.1) is 13.8 Å². The van der Waals surface area contributed by atoms with Crippen LogP contribution in [0.2, 0.25) is 0 Å². The van der Waals surface area contributed by atoms with Gasteiger partial charge in [-0.25, -0.2) is 0 Å². The maximum Gasteiger partial charge on any atom is 0.0600 e. The summed E-state index contributed by atoms with van der Waals surface area (Å²) in [5, 5.41) is 3.36. The zero-order valence-electron chi connectivity index (χ0n) is 13.5. The molecule has 3 nitrogen and oxygen atoms in total. The van der Waals surface area contributed by atoms with Crippen molar-refractivity contribution >= 4 is 5.69 Å². The fourth-order valence-corrected chi connectivity index (χ4v) is 2.54. The Morgan fingerprint density at radius 2 is 1.95 bits per heavy atom. The van der Waals surface area contributed by atoms with Gasteiger partial charge < -0.3 is 10.2 Å². The third kappa shape index (κ3) is 4.30. The molecule has 112 valence electrons. The minimum Gasteiger partial charge on any atom is -0.368 e. The van der Waals surface area contributed by atoms with Crippen LogP contribution in [0.3, 0.4) is 0 Å². The summed E-state index contributed by atoms with van der Waals surface area (Å²) in [5.41, 5.74) is 6.08. The van der Waals surface area contributed by atoms with Crippen LogP contribution in [0.5, 0.6) is 0 Å². The van der Waals surface area contributed by atoms with Crippen molar-refractivity contribution in [2.24, 2.45) is 0 Å². The van der Waals surface area contributed by atoms with Crippen molar-refractivity contribution in [2.75, 3.05) is 18.5 Å². The largest absolute Gasteiger partial charge is 0.368 e. The Hall–Kier alpha value is -1.87. The first-order valence-electron chi connectivity index (χ1n) is 7.54. The van der Waals surface area contributed by atoms with Crippen LogP contribution in [0.15, 0.2) is 36.4 Å². The summed E-state index contributed by atoms with van der Waals surface area (Å²) < 4.78 is 0. The number of nitrogens with one attached hydrogen (secondary N) is 1. The van der Waals surface area contributed by atoms with Gasteiger partial charge in [0.2, 0.25) is 0 Å². The van der Waals surface area contributed by atoms with Crippen molar-refractivity contribution in [3.63, 3.8) is 0 Å². The lowest BCUT2D eigenvalue weighted by atomic mass is 10.1. The van der Waals surface area contributed by atoms with Gasteiger partial charge in [-0.15, -0.1) is 0 Å². The van der Waals surface area contributed by atoms with E-state index in [4.69, 9.17) is 0 Å². The Morgan fingerprint density at radius 1 is 1.14 bits per heavy atom. The second-order valence-corrected chi connectivity index (χ2v) is 5.53. The number of anilines is 1. The summed E-state index contributed by atoms with van der Waals surface area (Å²) in [5.74, 6) is 0. The highest BCUT2D eigenvalue weighted by Crippen LogP contribution is 2.21. The topological polar surface area (TPSA) is 28.2 Å². The molecule has 0 unspecified atom stereocenters. The van der Waals surface area contributed by atoms with E-state index in [1.807, 2.05) is 13.0 Å². The summed E-state index contributed by atoms with van der Waals surface area (Å²) in [7, 11) is 2.12. The Kier molecular flexibility index (Phi) is 5.34. The molecule has 0 bridgehead atoms. The van der Waals surface area contributed by atoms with E-state index in [0.717, 1.165) is 31.0 Å². The van der Waals surface area contributed by atoms with Crippen LogP contribution in [0.4, 0.5) is 5.69 Å². The van der Waals surface area contributed by atoms with Crippen LogP contribution in [0.25, 0.3) is 0 Å². The predicted molar refractivity (Wildman–Crippen MR) is 89.6 cm³/mol. The number of hydrogen-bond acceptors (Lipinski definition) is 3. The standard InChI is InChI=1S/C18H25N3/c1-5-19-12-16-9-10-18(14(2)11-16)21(4)13-17-8-6-7-15(3)20-17/h6-11,19H,5,12-13H2,1-4H3. The number of nitrogens with zero attached hydrogens (tertiary/aromatic N) is 2. The maximum atomic E-state index is 4.57. The fraction of sp³-hybridized carbons (Fsp3) is 0.389. The monoisotopic (exact) mass is 283 g/mol. The van der Waals surface area contributed by atoms with Gasteiger partial charge in [0, 0.05) is 25.0 Å². The third-order valence-corrected chi connectivity index (χ3v) is 3.60. The van der Waals surface area contributed by atoms with Crippen molar-refractivity contribution < 1.29 is 0 Å². The van der Waals surface area contributed by atoms with Crippen LogP contribution in [-0.4, -0.2) is 18.6 Å². The lowest BCUT2D eigenvalue weighted by molar-refractivity contribution is 0.726. The molecule has 0 radical (unpaired) electrons. The molecule has 2 rings (SSSR count). The molecule has 1 aromatic heterocycles. The normalized spacial score (nSPS) is 10.7. The molecule has 1 N–H and O–H groups in total. The highest BCUT2D eigenvalue weighted by molar-refractivity contribution is 5.54. The van der Waals surface area contributed by atoms with Crippen molar-refractivity contribution in [1.82, 2.24) is 10.3 Å². The van der Waals surface area contributed by atoms with E-state index in [2.05, 4.69) is 66.4 Å². The summed E-state index contributed by atoms with van der Waals surface area (Å²) >= 11 is 0. The van der Waals surface area contributed by atoms with E-state index in [1.165, 1.54) is 16.8 Å². The van der Waals surface area contributed by atoms with Crippen molar-refractivity contribution in [3.05, 3.63) is 58.9 Å². The Balaban J connectivity index is 2.10. The first-order valence-corrected chi connectivity index (χ1v) is 7.54. The minimum absolute atomic E-state index is 0.828. The average Bonchev–Trinajstić information content (AvgIpc) is 2.45. The highest BCUT2D eigenvalue weighted by atomic mass is 15.1. The predicted octanol–water partition coefficient (Wildman–Crippen LogP) is 3.44. The summed E-state index contributed by atoms with van der Waals surface area (Å²) in [6, 6.07) is 12.8. The molecule has 0 fully saturated rings. The molecule has 21 heavy (non-hydrogen) atoms. The molecule has 0 amide bonds. The van der Waals surface area contributed by atoms with E-state index in [0.29, 0.717) is 0 Å². The van der Waals surface area contributed by atoms with Crippen LogP contribution < -0.4 is 10.2 Å². The molecule has 0 aliphatic rings. The first kappa shape index (κ1) is 15.5. The molecule has 0 spiro atoms. The molecular weight excluding hydrogens is 258 g/mol. The van der Waals surface area contributed by atoms with E-state index in [-0.39, 0.29) is 0 Å². The smallest absolute Gasteiger partial charge is 0.0600 e. The van der Waals surface area contributed by atoms with Crippen LogP contribution >= 0.6 is 0 Å². The molecule has 3 heteroatoms. The SMILES string of the molecule is CCNCc1ccc(N(C)Cc2cccc(C)n2)c(C)c1. The van der Waals surface area contributed by atoms with Gasteiger partial charge >= 0.3 is 0 Å². The number of rotatable bonds is 6. The average molecular weight is 283 g/mol. The molecule has 0 aliphatic heterocycles. The number of benzene rings is 1. The van der Waals surface area contributed by atoms with Gasteiger partial charge in [0.1, 0.15) is 0 Å². The van der Waals surface area contributed by atoms with Crippen molar-refractivity contribution in [2.45, 2.75) is 33.9 Å². The van der Waals surface area contributed by atoms with Gasteiger partial charge in [0.15, 0.2) is 0 Å². The number of hydrogen-bond donors (Lipinski definition) is 1. The molecule has 0 aliphatic carbocycles. The second kappa shape index (κ2) is 7.23. The number of pyridine rings is 1. The van der Waals surface area contributed by atoms with Gasteiger partial charge in [-0.05, 0) is 49.7 Å². The lowest BCUT2D eigenvalue weighted by Gasteiger charge is -2.22. The zero-order chi connectivity index (χ0) is 15.2. The van der Waals surface area contributed by atoms with E-state index in [9.17, 15) is 0 Å². The third-order valence-electron chi connectivity index (χ3n) is 3.60. The van der Waals surface area contributed by atoms with Gasteiger partial charge in [-0.2, -0.15) is 0 Å². The zero-order valence-corrected chi connectivity index (χ0v) is 13.5. The summed E-state index contributed by atoms with van der Waals surface area (Å²) in [6.45, 7) is 9.09. The Labute approximate surface area is 128 Å². The Bertz CT molecular complexity index is 593. The van der Waals surface area contributed by atoms with Gasteiger partial charge in [0.25, 0.3) is 0 Å². The summed E-state index contributed by atoms with van der Waals surface area (Å²) in [4.78, 5) is 6.83. The first-order chi connectivity index (χ1) is 10.1. The minimum atomic E-state index is 0.828. The molecule has 2 aromatic rings. The van der Waals surface area contributed by atoms with Gasteiger partial charge in [0.05, 0.1) is 12.2 Å².